The smallest absolute Gasteiger partial charge is 0.225 e. The molecule has 0 aromatic heterocycles. The third-order valence-corrected chi connectivity index (χ3v) is 8.36. The summed E-state index contributed by atoms with van der Waals surface area (Å²) in [5, 5.41) is 3.31. The second-order valence-corrected chi connectivity index (χ2v) is 10.5. The number of piperidine rings is 2. The van der Waals surface area contributed by atoms with E-state index in [0.29, 0.717) is 36.2 Å². The first-order valence-corrected chi connectivity index (χ1v) is 13.1. The van der Waals surface area contributed by atoms with Crippen LogP contribution in [-0.4, -0.2) is 59.9 Å². The van der Waals surface area contributed by atoms with Crippen molar-refractivity contribution in [1.29, 1.82) is 0 Å². The summed E-state index contributed by atoms with van der Waals surface area (Å²) in [5.74, 6) is 2.41. The summed E-state index contributed by atoms with van der Waals surface area (Å²) in [4.78, 5) is 29.4. The molecule has 2 aliphatic carbocycles. The van der Waals surface area contributed by atoms with Gasteiger partial charge < -0.3 is 15.1 Å². The Bertz CT molecular complexity index is 616. The van der Waals surface area contributed by atoms with Crippen LogP contribution in [0.3, 0.4) is 0 Å². The van der Waals surface area contributed by atoms with Crippen LogP contribution >= 0.6 is 0 Å². The zero-order valence-corrected chi connectivity index (χ0v) is 19.4. The molecule has 0 aromatic rings. The van der Waals surface area contributed by atoms with Gasteiger partial charge in [0.05, 0.1) is 0 Å². The monoisotopic (exact) mass is 429 g/mol. The fourth-order valence-corrected chi connectivity index (χ4v) is 6.18. The number of carbonyl (C=O) groups is 2. The molecule has 4 aliphatic rings. The molecule has 0 spiro atoms. The Morgan fingerprint density at radius 1 is 0.903 bits per heavy atom. The first-order chi connectivity index (χ1) is 15.1. The number of nitrogens with one attached hydrogen (secondary N) is 1. The van der Waals surface area contributed by atoms with Crippen molar-refractivity contribution in [3.63, 3.8) is 0 Å². The minimum Gasteiger partial charge on any atom is -0.353 e. The van der Waals surface area contributed by atoms with Crippen molar-refractivity contribution in [1.82, 2.24) is 15.1 Å². The lowest BCUT2D eigenvalue weighted by Crippen LogP contribution is -2.52. The van der Waals surface area contributed by atoms with Crippen LogP contribution in [0.5, 0.6) is 0 Å². The fourth-order valence-electron chi connectivity index (χ4n) is 6.18. The molecular weight excluding hydrogens is 386 g/mol. The van der Waals surface area contributed by atoms with E-state index in [0.717, 1.165) is 77.0 Å². The van der Waals surface area contributed by atoms with Gasteiger partial charge in [0.2, 0.25) is 11.8 Å². The maximum absolute atomic E-state index is 12.5. The molecular formula is C26H43N3O2. The zero-order chi connectivity index (χ0) is 21.6. The van der Waals surface area contributed by atoms with Crippen LogP contribution < -0.4 is 5.32 Å². The summed E-state index contributed by atoms with van der Waals surface area (Å²) in [5.41, 5.74) is 0. The van der Waals surface area contributed by atoms with Gasteiger partial charge in [0.25, 0.3) is 0 Å². The van der Waals surface area contributed by atoms with E-state index in [2.05, 4.69) is 27.8 Å². The average Bonchev–Trinajstić information content (AvgIpc) is 3.65. The van der Waals surface area contributed by atoms with E-state index in [9.17, 15) is 9.59 Å². The number of allylic oxidation sites excluding steroid dienone is 1. The Hall–Kier alpha value is -1.36. The second kappa shape index (κ2) is 11.0. The van der Waals surface area contributed by atoms with E-state index < -0.39 is 0 Å². The van der Waals surface area contributed by atoms with Crippen molar-refractivity contribution >= 4 is 11.8 Å². The maximum Gasteiger partial charge on any atom is 0.225 e. The highest BCUT2D eigenvalue weighted by Crippen LogP contribution is 2.34. The van der Waals surface area contributed by atoms with Crippen LogP contribution in [0, 0.1) is 17.8 Å². The van der Waals surface area contributed by atoms with Crippen molar-refractivity contribution in [2.75, 3.05) is 26.2 Å². The van der Waals surface area contributed by atoms with E-state index in [-0.39, 0.29) is 5.91 Å². The summed E-state index contributed by atoms with van der Waals surface area (Å²) >= 11 is 0. The molecule has 2 saturated carbocycles. The molecule has 31 heavy (non-hydrogen) atoms. The summed E-state index contributed by atoms with van der Waals surface area (Å²) in [7, 11) is 0. The van der Waals surface area contributed by atoms with Crippen molar-refractivity contribution in [2.45, 2.75) is 95.6 Å². The van der Waals surface area contributed by atoms with Gasteiger partial charge in [-0.2, -0.15) is 0 Å². The highest BCUT2D eigenvalue weighted by atomic mass is 16.2. The van der Waals surface area contributed by atoms with E-state index in [1.165, 1.54) is 32.1 Å². The van der Waals surface area contributed by atoms with E-state index >= 15 is 0 Å². The lowest BCUT2D eigenvalue weighted by molar-refractivity contribution is -0.134. The topological polar surface area (TPSA) is 52.7 Å². The molecule has 2 amide bonds. The van der Waals surface area contributed by atoms with Crippen molar-refractivity contribution < 1.29 is 9.59 Å². The first-order valence-electron chi connectivity index (χ1n) is 13.1. The Balaban J connectivity index is 1.09. The van der Waals surface area contributed by atoms with E-state index in [1.54, 1.807) is 0 Å². The normalized spacial score (nSPS) is 29.0. The summed E-state index contributed by atoms with van der Waals surface area (Å²) in [6.07, 6.45) is 16.8. The number of nitrogens with zero attached hydrogens (tertiary/aromatic N) is 2. The van der Waals surface area contributed by atoms with E-state index in [1.807, 2.05) is 0 Å². The molecule has 2 saturated heterocycles. The first kappa shape index (κ1) is 22.8. The summed E-state index contributed by atoms with van der Waals surface area (Å²) < 4.78 is 0. The predicted molar refractivity (Wildman–Crippen MR) is 125 cm³/mol. The van der Waals surface area contributed by atoms with Crippen LogP contribution in [0.25, 0.3) is 0 Å². The number of carbonyl (C=O) groups excluding carboxylic acids is 2. The highest BCUT2D eigenvalue weighted by molar-refractivity contribution is 5.81. The Morgan fingerprint density at radius 3 is 2.29 bits per heavy atom. The van der Waals surface area contributed by atoms with E-state index in [4.69, 9.17) is 0 Å². The molecule has 5 nitrogen and oxygen atoms in total. The number of hydrogen-bond acceptors (Lipinski definition) is 3. The molecule has 4 fully saturated rings. The van der Waals surface area contributed by atoms with Crippen LogP contribution in [0.2, 0.25) is 0 Å². The quantitative estimate of drug-likeness (QED) is 0.590. The van der Waals surface area contributed by atoms with Gasteiger partial charge in [-0.25, -0.2) is 0 Å². The standard InChI is InChI=1S/C26H43N3O2/c1-2-20-6-3-4-7-21(20)8-5-9-25(30)27-23-12-16-28(17-13-23)24-14-18-29(19-15-24)26(31)22-10-11-22/h2,20-24H,1,3-19H2,(H,27,30)/t20?,21-/m0/s1. The molecule has 1 unspecified atom stereocenters. The van der Waals surface area contributed by atoms with Crippen molar-refractivity contribution in [3.05, 3.63) is 12.7 Å². The van der Waals surface area contributed by atoms with Gasteiger partial charge in [-0.1, -0.05) is 18.9 Å². The molecule has 1 N–H and O–H groups in total. The van der Waals surface area contributed by atoms with Gasteiger partial charge >= 0.3 is 0 Å². The summed E-state index contributed by atoms with van der Waals surface area (Å²) in [6.45, 7) is 8.04. The molecule has 2 heterocycles. The van der Waals surface area contributed by atoms with Crippen molar-refractivity contribution in [3.8, 4) is 0 Å². The molecule has 2 aliphatic heterocycles. The van der Waals surface area contributed by atoms with Crippen LogP contribution in [0.4, 0.5) is 0 Å². The molecule has 0 radical (unpaired) electrons. The fraction of sp³-hybridized carbons (Fsp3) is 0.846. The third kappa shape index (κ3) is 6.34. The lowest BCUT2D eigenvalue weighted by Gasteiger charge is -2.42. The van der Waals surface area contributed by atoms with Crippen molar-refractivity contribution in [2.24, 2.45) is 17.8 Å². The summed E-state index contributed by atoms with van der Waals surface area (Å²) in [6, 6.07) is 0.962. The number of likely N-dealkylation sites (tertiary alicyclic amines) is 2. The predicted octanol–water partition coefficient (Wildman–Crippen LogP) is 4.13. The molecule has 0 bridgehead atoms. The van der Waals surface area contributed by atoms with Crippen LogP contribution in [0.15, 0.2) is 12.7 Å². The SMILES string of the molecule is C=CC1CCCC[C@H]1CCCC(=O)NC1CCN(C2CCN(C(=O)C3CC3)CC2)CC1. The van der Waals surface area contributed by atoms with Gasteiger partial charge in [0, 0.05) is 50.6 Å². The lowest BCUT2D eigenvalue weighted by atomic mass is 9.77. The molecule has 2 atom stereocenters. The number of rotatable bonds is 8. The van der Waals surface area contributed by atoms with Gasteiger partial charge in [0.15, 0.2) is 0 Å². The molecule has 0 aromatic carbocycles. The largest absolute Gasteiger partial charge is 0.353 e. The van der Waals surface area contributed by atoms with Gasteiger partial charge in [-0.05, 0) is 76.0 Å². The number of hydrogen-bond donors (Lipinski definition) is 1. The minimum absolute atomic E-state index is 0.247. The van der Waals surface area contributed by atoms with Gasteiger partial charge in [-0.15, -0.1) is 6.58 Å². The maximum atomic E-state index is 12.5. The average molecular weight is 430 g/mol. The minimum atomic E-state index is 0.247. The Labute approximate surface area is 189 Å². The molecule has 5 heteroatoms. The van der Waals surface area contributed by atoms with Gasteiger partial charge in [0.1, 0.15) is 0 Å². The third-order valence-electron chi connectivity index (χ3n) is 8.36. The molecule has 174 valence electrons. The second-order valence-electron chi connectivity index (χ2n) is 10.5. The zero-order valence-electron chi connectivity index (χ0n) is 19.4. The highest BCUT2D eigenvalue weighted by Gasteiger charge is 2.36. The Kier molecular flexibility index (Phi) is 8.08. The Morgan fingerprint density at radius 2 is 1.61 bits per heavy atom. The molecule has 4 rings (SSSR count). The van der Waals surface area contributed by atoms with Crippen LogP contribution in [-0.2, 0) is 9.59 Å². The number of amides is 2. The van der Waals surface area contributed by atoms with Crippen LogP contribution in [0.1, 0.15) is 83.5 Å². The van der Waals surface area contributed by atoms with Gasteiger partial charge in [-0.3, -0.25) is 9.59 Å².